The van der Waals surface area contributed by atoms with Crippen LogP contribution in [0.2, 0.25) is 0 Å². The van der Waals surface area contributed by atoms with E-state index < -0.39 is 11.1 Å². The Morgan fingerprint density at radius 3 is 1.48 bits per heavy atom. The molecule has 0 saturated carbocycles. The Kier molecular flexibility index (Phi) is 16.1. The number of hydrogen-bond acceptors (Lipinski definition) is 8. The third-order valence-corrected chi connectivity index (χ3v) is 9.70. The van der Waals surface area contributed by atoms with Gasteiger partial charge in [-0.05, 0) is 64.8 Å². The largest absolute Gasteiger partial charge is 0.508 e. The molecule has 0 radical (unpaired) electrons. The molecule has 0 heterocycles. The molecule has 10 heteroatoms. The number of aryl methyl sites for hydroxylation is 2. The van der Waals surface area contributed by atoms with Crippen molar-refractivity contribution >= 4 is 11.8 Å². The Balaban J connectivity index is 0.000000480. The van der Waals surface area contributed by atoms with Gasteiger partial charge in [0.1, 0.15) is 11.5 Å². The van der Waals surface area contributed by atoms with E-state index in [-0.39, 0.29) is 73.4 Å². The molecule has 0 aliphatic rings. The lowest BCUT2D eigenvalue weighted by Crippen LogP contribution is -2.54. The maximum absolute atomic E-state index is 12.5. The number of hydrogen-bond donors (Lipinski definition) is 6. The van der Waals surface area contributed by atoms with Crippen LogP contribution in [0.25, 0.3) is 0 Å². The number of carbonyl (C=O) groups excluding carboxylic acids is 2. The van der Waals surface area contributed by atoms with Crippen molar-refractivity contribution in [2.45, 2.75) is 116 Å². The van der Waals surface area contributed by atoms with E-state index in [1.807, 2.05) is 85.7 Å². The van der Waals surface area contributed by atoms with Crippen LogP contribution in [0.15, 0.2) is 36.4 Å². The SMILES string of the molecule is CCC(CO)(CO)N(C)C(=O)CCc1ccc(O)c(C(C)(C)C)c1.CCC(CO)(CO)N(C)C(=O)CCc1cccc(C(C)(C)C)c1O. The average molecular weight is 675 g/mol. The predicted octanol–water partition coefficient (Wildman–Crippen LogP) is 4.43. The van der Waals surface area contributed by atoms with Gasteiger partial charge in [-0.1, -0.05) is 85.7 Å². The highest BCUT2D eigenvalue weighted by atomic mass is 16.3. The zero-order valence-electron chi connectivity index (χ0n) is 30.9. The molecule has 272 valence electrons. The highest BCUT2D eigenvalue weighted by Gasteiger charge is 2.35. The first kappa shape index (κ1) is 42.8. The smallest absolute Gasteiger partial charge is 0.223 e. The van der Waals surface area contributed by atoms with E-state index in [1.165, 1.54) is 9.80 Å². The number of amides is 2. The van der Waals surface area contributed by atoms with Gasteiger partial charge in [-0.25, -0.2) is 0 Å². The summed E-state index contributed by atoms with van der Waals surface area (Å²) in [5.41, 5.74) is 1.23. The van der Waals surface area contributed by atoms with Gasteiger partial charge in [0.25, 0.3) is 0 Å². The van der Waals surface area contributed by atoms with E-state index in [1.54, 1.807) is 20.2 Å². The maximum atomic E-state index is 12.5. The Bertz CT molecular complexity index is 1290. The first-order valence-corrected chi connectivity index (χ1v) is 16.8. The molecule has 0 fully saturated rings. The van der Waals surface area contributed by atoms with Crippen molar-refractivity contribution in [3.8, 4) is 11.5 Å². The number of phenolic OH excluding ortho intramolecular Hbond substituents is 2. The van der Waals surface area contributed by atoms with Crippen LogP contribution in [0.5, 0.6) is 11.5 Å². The summed E-state index contributed by atoms with van der Waals surface area (Å²) in [6.45, 7) is 14.7. The second-order valence-corrected chi connectivity index (χ2v) is 14.9. The molecule has 2 aromatic rings. The van der Waals surface area contributed by atoms with E-state index in [9.17, 15) is 40.2 Å². The molecule has 0 aliphatic heterocycles. The van der Waals surface area contributed by atoms with E-state index in [0.29, 0.717) is 25.7 Å². The number of aromatic hydroxyl groups is 2. The molecule has 10 nitrogen and oxygen atoms in total. The minimum absolute atomic E-state index is 0.120. The third kappa shape index (κ3) is 10.7. The van der Waals surface area contributed by atoms with Crippen molar-refractivity contribution in [2.24, 2.45) is 0 Å². The van der Waals surface area contributed by atoms with Gasteiger partial charge in [0.05, 0.1) is 37.5 Å². The maximum Gasteiger partial charge on any atom is 0.223 e. The summed E-state index contributed by atoms with van der Waals surface area (Å²) >= 11 is 0. The Morgan fingerprint density at radius 1 is 0.646 bits per heavy atom. The third-order valence-electron chi connectivity index (χ3n) is 9.70. The zero-order valence-corrected chi connectivity index (χ0v) is 30.9. The van der Waals surface area contributed by atoms with Crippen molar-refractivity contribution in [2.75, 3.05) is 40.5 Å². The fourth-order valence-corrected chi connectivity index (χ4v) is 5.54. The molecule has 0 saturated heterocycles. The first-order chi connectivity index (χ1) is 22.2. The molecule has 2 rings (SSSR count). The number of aliphatic hydroxyl groups excluding tert-OH is 4. The molecule has 2 aromatic carbocycles. The van der Waals surface area contributed by atoms with E-state index >= 15 is 0 Å². The quantitative estimate of drug-likeness (QED) is 0.172. The molecular weight excluding hydrogens is 612 g/mol. The van der Waals surface area contributed by atoms with Crippen LogP contribution in [-0.2, 0) is 33.3 Å². The standard InChI is InChI=1S/2C19H31NO4/c1-6-19(12-21,13-22)20(5)17(24)10-8-14-7-9-16(23)15(11-14)18(2,3)4;1-6-19(12-21,13-22)20(5)16(23)11-10-14-8-7-9-15(17(14)24)18(2,3)4/h7,9,11,21-23H,6,8,10,12-13H2,1-5H3;7-9,21-22,24H,6,10-13H2,1-5H3. The number of aliphatic hydroxyl groups is 4. The molecule has 48 heavy (non-hydrogen) atoms. The van der Waals surface area contributed by atoms with Crippen LogP contribution in [0.3, 0.4) is 0 Å². The van der Waals surface area contributed by atoms with E-state index in [0.717, 1.165) is 22.3 Å². The highest BCUT2D eigenvalue weighted by molar-refractivity contribution is 5.77. The van der Waals surface area contributed by atoms with Crippen molar-refractivity contribution in [3.63, 3.8) is 0 Å². The summed E-state index contributed by atoms with van der Waals surface area (Å²) in [6.07, 6.45) is 2.40. The van der Waals surface area contributed by atoms with Gasteiger partial charge >= 0.3 is 0 Å². The monoisotopic (exact) mass is 674 g/mol. The molecule has 0 spiro atoms. The van der Waals surface area contributed by atoms with Crippen molar-refractivity contribution < 1.29 is 40.2 Å². The van der Waals surface area contributed by atoms with Crippen LogP contribution in [-0.4, -0.2) is 104 Å². The molecule has 6 N–H and O–H groups in total. The minimum Gasteiger partial charge on any atom is -0.508 e. The topological polar surface area (TPSA) is 162 Å². The number of benzene rings is 2. The van der Waals surface area contributed by atoms with Crippen LogP contribution >= 0.6 is 0 Å². The Morgan fingerprint density at radius 2 is 1.08 bits per heavy atom. The Hall–Kier alpha value is -3.18. The lowest BCUT2D eigenvalue weighted by molar-refractivity contribution is -0.140. The number of para-hydroxylation sites is 1. The fraction of sp³-hybridized carbons (Fsp3) is 0.632. The second kappa shape index (κ2) is 18.0. The average Bonchev–Trinajstić information content (AvgIpc) is 3.04. The number of likely N-dealkylation sites (N-methyl/N-ethyl adjacent to an activating group) is 2. The van der Waals surface area contributed by atoms with Crippen LogP contribution in [0.4, 0.5) is 0 Å². The van der Waals surface area contributed by atoms with Gasteiger partial charge < -0.3 is 40.4 Å². The summed E-state index contributed by atoms with van der Waals surface area (Å²) in [4.78, 5) is 27.8. The summed E-state index contributed by atoms with van der Waals surface area (Å²) in [5, 5.41) is 58.7. The van der Waals surface area contributed by atoms with Gasteiger partial charge in [0.15, 0.2) is 0 Å². The van der Waals surface area contributed by atoms with E-state index in [2.05, 4.69) is 0 Å². The lowest BCUT2D eigenvalue weighted by Gasteiger charge is -2.38. The van der Waals surface area contributed by atoms with Gasteiger partial charge in [-0.3, -0.25) is 9.59 Å². The first-order valence-electron chi connectivity index (χ1n) is 16.8. The van der Waals surface area contributed by atoms with Crippen LogP contribution in [0, 0.1) is 0 Å². The van der Waals surface area contributed by atoms with Crippen molar-refractivity contribution in [1.29, 1.82) is 0 Å². The number of nitrogens with zero attached hydrogens (tertiary/aromatic N) is 2. The second-order valence-electron chi connectivity index (χ2n) is 14.9. The summed E-state index contributed by atoms with van der Waals surface area (Å²) in [6, 6.07) is 11.0. The van der Waals surface area contributed by atoms with Gasteiger partial charge in [0.2, 0.25) is 11.8 Å². The molecular formula is C38H62N2O8. The van der Waals surface area contributed by atoms with Crippen molar-refractivity contribution in [1.82, 2.24) is 9.80 Å². The van der Waals surface area contributed by atoms with Crippen LogP contribution < -0.4 is 0 Å². The van der Waals surface area contributed by atoms with Gasteiger partial charge in [-0.15, -0.1) is 0 Å². The predicted molar refractivity (Wildman–Crippen MR) is 190 cm³/mol. The molecule has 0 aromatic heterocycles. The Labute approximate surface area is 288 Å². The number of carbonyl (C=O) groups is 2. The normalized spacial score (nSPS) is 12.3. The molecule has 0 atom stereocenters. The zero-order chi connectivity index (χ0) is 37.1. The number of rotatable bonds is 14. The summed E-state index contributed by atoms with van der Waals surface area (Å²) in [5.74, 6) is 0.220. The van der Waals surface area contributed by atoms with Crippen LogP contribution in [0.1, 0.15) is 103 Å². The lowest BCUT2D eigenvalue weighted by atomic mass is 9.84. The molecule has 0 aliphatic carbocycles. The molecule has 0 unspecified atom stereocenters. The molecule has 0 bridgehead atoms. The van der Waals surface area contributed by atoms with E-state index in [4.69, 9.17) is 0 Å². The van der Waals surface area contributed by atoms with Gasteiger partial charge in [-0.2, -0.15) is 0 Å². The summed E-state index contributed by atoms with van der Waals surface area (Å²) in [7, 11) is 3.22. The fourth-order valence-electron chi connectivity index (χ4n) is 5.54. The summed E-state index contributed by atoms with van der Waals surface area (Å²) < 4.78 is 0. The molecule has 2 amide bonds. The highest BCUT2D eigenvalue weighted by Crippen LogP contribution is 2.34. The minimum atomic E-state index is -0.938. The van der Waals surface area contributed by atoms with Crippen molar-refractivity contribution in [3.05, 3.63) is 58.7 Å². The van der Waals surface area contributed by atoms with Gasteiger partial charge in [0, 0.05) is 26.9 Å². The number of phenols is 2.